The number of amides is 2. The zero-order valence-electron chi connectivity index (χ0n) is 33.0. The van der Waals surface area contributed by atoms with Crippen molar-refractivity contribution in [1.29, 1.82) is 0 Å². The molecule has 56 heavy (non-hydrogen) atoms. The molecule has 3 aliphatic carbocycles. The number of methoxy groups -OCH3 is 1. The number of aliphatic hydroxyl groups excluding tert-OH is 1. The summed E-state index contributed by atoms with van der Waals surface area (Å²) in [5.41, 5.74) is 4.73. The van der Waals surface area contributed by atoms with Gasteiger partial charge in [-0.2, -0.15) is 0 Å². The minimum absolute atomic E-state index is 0.0738. The summed E-state index contributed by atoms with van der Waals surface area (Å²) < 4.78 is 11.4. The maximum absolute atomic E-state index is 15.0. The molecule has 8 rings (SSSR count). The number of urea groups is 1. The van der Waals surface area contributed by atoms with Crippen LogP contribution in [-0.4, -0.2) is 71.5 Å². The van der Waals surface area contributed by atoms with Gasteiger partial charge in [-0.15, -0.1) is 0 Å². The highest BCUT2D eigenvalue weighted by Crippen LogP contribution is 2.59. The second-order valence-corrected chi connectivity index (χ2v) is 16.4. The Bertz CT molecular complexity index is 2020. The highest BCUT2D eigenvalue weighted by Gasteiger charge is 2.58. The lowest BCUT2D eigenvalue weighted by Crippen LogP contribution is -2.55. The maximum Gasteiger partial charge on any atom is 0.322 e. The molecule has 294 valence electrons. The van der Waals surface area contributed by atoms with E-state index in [1.54, 1.807) is 12.0 Å². The molecule has 0 radical (unpaired) electrons. The number of anilines is 1. The molecule has 1 saturated carbocycles. The van der Waals surface area contributed by atoms with Crippen LogP contribution in [-0.2, 0) is 11.2 Å². The van der Waals surface area contributed by atoms with Gasteiger partial charge < -0.3 is 29.9 Å². The number of carbonyl (C=O) groups excluding carboxylic acids is 2. The van der Waals surface area contributed by atoms with E-state index < -0.39 is 17.1 Å². The van der Waals surface area contributed by atoms with Crippen LogP contribution < -0.4 is 10.1 Å². The Morgan fingerprint density at radius 3 is 2.45 bits per heavy atom. The maximum atomic E-state index is 15.0. The van der Waals surface area contributed by atoms with E-state index in [0.29, 0.717) is 67.8 Å². The van der Waals surface area contributed by atoms with Gasteiger partial charge in [-0.3, -0.25) is 4.79 Å². The van der Waals surface area contributed by atoms with Crippen LogP contribution in [0, 0.1) is 5.41 Å². The van der Waals surface area contributed by atoms with Crippen LogP contribution in [0.1, 0.15) is 98.2 Å². The predicted molar refractivity (Wildman–Crippen MR) is 221 cm³/mol. The Kier molecular flexibility index (Phi) is 12.1. The molecule has 4 aliphatic rings. The van der Waals surface area contributed by atoms with E-state index in [4.69, 9.17) is 9.47 Å². The van der Waals surface area contributed by atoms with Gasteiger partial charge in [-0.05, 0) is 123 Å². The molecular formula is C48H56N2O6. The molecule has 1 saturated heterocycles. The first kappa shape index (κ1) is 39.5. The van der Waals surface area contributed by atoms with Crippen molar-refractivity contribution < 1.29 is 29.3 Å². The van der Waals surface area contributed by atoms with Crippen LogP contribution in [0.5, 0.6) is 5.75 Å². The molecule has 2 fully saturated rings. The van der Waals surface area contributed by atoms with Crippen LogP contribution >= 0.6 is 0 Å². The van der Waals surface area contributed by atoms with Gasteiger partial charge in [0.2, 0.25) is 0 Å². The van der Waals surface area contributed by atoms with Crippen molar-refractivity contribution in [2.75, 3.05) is 32.1 Å². The Balaban J connectivity index is 1.29. The van der Waals surface area contributed by atoms with E-state index in [2.05, 4.69) is 37.4 Å². The lowest BCUT2D eigenvalue weighted by atomic mass is 9.64. The van der Waals surface area contributed by atoms with E-state index in [-0.39, 0.29) is 30.4 Å². The zero-order valence-corrected chi connectivity index (χ0v) is 33.0. The summed E-state index contributed by atoms with van der Waals surface area (Å²) in [7, 11) is 1.61. The summed E-state index contributed by atoms with van der Waals surface area (Å²) in [6.07, 6.45) is 7.69. The lowest BCUT2D eigenvalue weighted by molar-refractivity contribution is -0.0799. The Hall–Kier alpha value is -4.76. The first-order valence-electron chi connectivity index (χ1n) is 20.3. The smallest absolute Gasteiger partial charge is 0.322 e. The summed E-state index contributed by atoms with van der Waals surface area (Å²) in [5, 5.41) is 27.3. The van der Waals surface area contributed by atoms with Gasteiger partial charge in [0.15, 0.2) is 5.78 Å². The third-order valence-corrected chi connectivity index (χ3v) is 12.7. The number of rotatable bonds is 9. The number of aliphatic hydroxyl groups is 2. The fourth-order valence-corrected chi connectivity index (χ4v) is 9.34. The van der Waals surface area contributed by atoms with Crippen LogP contribution in [0.3, 0.4) is 0 Å². The molecule has 1 heterocycles. The molecule has 8 nitrogen and oxygen atoms in total. The lowest BCUT2D eigenvalue weighted by Gasteiger charge is -2.46. The number of hydrogen-bond acceptors (Lipinski definition) is 6. The highest BCUT2D eigenvalue weighted by atomic mass is 16.5. The summed E-state index contributed by atoms with van der Waals surface area (Å²) in [6.45, 7) is 5.41. The summed E-state index contributed by atoms with van der Waals surface area (Å²) in [5.74, 6) is 0.442. The van der Waals surface area contributed by atoms with Crippen molar-refractivity contribution in [1.82, 2.24) is 4.90 Å². The summed E-state index contributed by atoms with van der Waals surface area (Å²) >= 11 is 0. The number of ether oxygens (including phenoxy) is 2. The van der Waals surface area contributed by atoms with Crippen LogP contribution in [0.15, 0.2) is 109 Å². The van der Waals surface area contributed by atoms with Crippen LogP contribution in [0.4, 0.5) is 10.5 Å². The monoisotopic (exact) mass is 756 g/mol. The quantitative estimate of drug-likeness (QED) is 0.116. The third kappa shape index (κ3) is 8.48. The van der Waals surface area contributed by atoms with Crippen molar-refractivity contribution in [3.63, 3.8) is 0 Å². The number of ketones is 1. The molecule has 0 spiro atoms. The number of hydrogen-bond donors (Lipinski definition) is 3. The Morgan fingerprint density at radius 1 is 0.929 bits per heavy atom. The van der Waals surface area contributed by atoms with E-state index in [1.807, 2.05) is 84.9 Å². The molecule has 2 amide bonds. The number of carbonyl (C=O) groups is 2. The number of benzene rings is 4. The van der Waals surface area contributed by atoms with Crippen LogP contribution in [0.25, 0.3) is 11.1 Å². The standard InChI is InChI=1S/C48H56N2O6/c1-33-11-9-26-47(2)44(25-27-48(47,54)32-50(31-39-14-10-28-56-39)46(53)49-36-19-22-38(55-3)23-20-36)41-24-18-34(29-37(51)21-17-33)30-43(41)45(52)42-16-8-7-15-40(42)35-12-5-4-6-13-35/h4-8,11-13,15-16,18-20,22-24,30,37,39,44,51,54H,9-10,14,17,21,25-29,31-32H2,1-3H3,(H,49,53). The zero-order chi connectivity index (χ0) is 39.3. The second kappa shape index (κ2) is 17.2. The number of allylic oxidation sites excluding steroid dienone is 2. The fourth-order valence-electron chi connectivity index (χ4n) is 9.34. The fraction of sp³-hybridized carbons (Fsp3) is 0.417. The first-order valence-corrected chi connectivity index (χ1v) is 20.3. The molecule has 2 bridgehead atoms. The van der Waals surface area contributed by atoms with Crippen molar-refractivity contribution in [3.8, 4) is 16.9 Å². The molecule has 8 heteroatoms. The van der Waals surface area contributed by atoms with E-state index in [9.17, 15) is 15.0 Å². The topological polar surface area (TPSA) is 108 Å². The van der Waals surface area contributed by atoms with Crippen molar-refractivity contribution in [2.24, 2.45) is 5.41 Å². The van der Waals surface area contributed by atoms with Gasteiger partial charge in [0, 0.05) is 35.4 Å². The van der Waals surface area contributed by atoms with Gasteiger partial charge in [0.1, 0.15) is 5.75 Å². The van der Waals surface area contributed by atoms with E-state index >= 15 is 4.79 Å². The second-order valence-electron chi connectivity index (χ2n) is 16.4. The first-order chi connectivity index (χ1) is 27.1. The number of nitrogens with zero attached hydrogens (tertiary/aromatic N) is 1. The number of fused-ring (bicyclic) bond motifs is 8. The minimum Gasteiger partial charge on any atom is -0.497 e. The molecule has 5 atom stereocenters. The van der Waals surface area contributed by atoms with Gasteiger partial charge in [0.25, 0.3) is 0 Å². The van der Waals surface area contributed by atoms with Crippen molar-refractivity contribution >= 4 is 17.5 Å². The molecule has 4 aromatic rings. The van der Waals surface area contributed by atoms with Gasteiger partial charge >= 0.3 is 6.03 Å². The molecule has 5 unspecified atom stereocenters. The van der Waals surface area contributed by atoms with Crippen LogP contribution in [0.2, 0.25) is 0 Å². The van der Waals surface area contributed by atoms with Crippen molar-refractivity contribution in [3.05, 3.63) is 131 Å². The molecule has 1 aliphatic heterocycles. The highest BCUT2D eigenvalue weighted by molar-refractivity contribution is 6.13. The van der Waals surface area contributed by atoms with E-state index in [1.165, 1.54) is 5.57 Å². The average molecular weight is 757 g/mol. The third-order valence-electron chi connectivity index (χ3n) is 12.7. The molecular weight excluding hydrogens is 701 g/mol. The average Bonchev–Trinajstić information content (AvgIpc) is 3.82. The van der Waals surface area contributed by atoms with Gasteiger partial charge in [0.05, 0.1) is 31.5 Å². The summed E-state index contributed by atoms with van der Waals surface area (Å²) in [4.78, 5) is 31.0. The Labute approximate surface area is 331 Å². The molecule has 3 N–H and O–H groups in total. The van der Waals surface area contributed by atoms with Crippen molar-refractivity contribution in [2.45, 2.75) is 95.4 Å². The van der Waals surface area contributed by atoms with E-state index in [0.717, 1.165) is 47.9 Å². The Morgan fingerprint density at radius 2 is 1.70 bits per heavy atom. The SMILES string of the molecule is COc1ccc(NC(=O)N(CC2CCCO2)CC2(O)CCC3c4ccc(cc4C(=O)c4ccccc4-c4ccccc4)CC(O)CCC(C)=CCCC32C)cc1. The van der Waals surface area contributed by atoms with Gasteiger partial charge in [-0.1, -0.05) is 85.3 Å². The largest absolute Gasteiger partial charge is 0.497 e. The molecule has 0 aromatic heterocycles. The predicted octanol–water partition coefficient (Wildman–Crippen LogP) is 9.34. The minimum atomic E-state index is -1.27. The number of nitrogens with one attached hydrogen (secondary N) is 1. The normalized spacial score (nSPS) is 25.2. The van der Waals surface area contributed by atoms with Gasteiger partial charge in [-0.25, -0.2) is 4.79 Å². The molecule has 4 aromatic carbocycles. The summed E-state index contributed by atoms with van der Waals surface area (Å²) in [6, 6.07) is 30.8.